The van der Waals surface area contributed by atoms with Crippen molar-refractivity contribution in [3.05, 3.63) is 32.2 Å². The molecule has 2 aromatic rings. The first-order valence-corrected chi connectivity index (χ1v) is 5.51. The minimum absolute atomic E-state index is 0.0557. The van der Waals surface area contributed by atoms with Crippen LogP contribution in [0.25, 0.3) is 11.5 Å². The Kier molecular flexibility index (Phi) is 3.22. The van der Waals surface area contributed by atoms with E-state index in [1.165, 1.54) is 25.3 Å². The van der Waals surface area contributed by atoms with Crippen molar-refractivity contribution >= 4 is 28.3 Å². The van der Waals surface area contributed by atoms with Crippen LogP contribution in [-0.4, -0.2) is 22.2 Å². The maximum Gasteiger partial charge on any atom is 0.278 e. The van der Waals surface area contributed by atoms with E-state index in [1.807, 2.05) is 22.6 Å². The molecule has 17 heavy (non-hydrogen) atoms. The van der Waals surface area contributed by atoms with Gasteiger partial charge in [-0.25, -0.2) is 0 Å². The largest absolute Gasteiger partial charge is 0.496 e. The Bertz CT molecular complexity index is 569. The number of nitro groups is 1. The van der Waals surface area contributed by atoms with Gasteiger partial charge in [-0.2, -0.15) is 0 Å². The zero-order valence-electron chi connectivity index (χ0n) is 8.58. The zero-order chi connectivity index (χ0) is 12.4. The van der Waals surface area contributed by atoms with Gasteiger partial charge in [0.15, 0.2) is 0 Å². The van der Waals surface area contributed by atoms with Gasteiger partial charge in [0.05, 0.1) is 23.7 Å². The summed E-state index contributed by atoms with van der Waals surface area (Å²) < 4.78 is 10.7. The Balaban J connectivity index is 2.51. The predicted octanol–water partition coefficient (Wildman–Crippen LogP) is 2.26. The summed E-state index contributed by atoms with van der Waals surface area (Å²) in [4.78, 5) is 10.1. The number of nitro benzene ring substituents is 1. The van der Waals surface area contributed by atoms with Crippen molar-refractivity contribution in [2.24, 2.45) is 0 Å². The molecule has 1 heterocycles. The van der Waals surface area contributed by atoms with Crippen LogP contribution in [0.5, 0.6) is 5.75 Å². The van der Waals surface area contributed by atoms with Crippen LogP contribution in [0, 0.1) is 14.0 Å². The first-order valence-electron chi connectivity index (χ1n) is 4.43. The van der Waals surface area contributed by atoms with Crippen LogP contribution in [0.15, 0.2) is 22.6 Å². The van der Waals surface area contributed by atoms with Crippen LogP contribution in [0.1, 0.15) is 0 Å². The minimum Gasteiger partial charge on any atom is -0.496 e. The average molecular weight is 347 g/mol. The molecule has 0 aliphatic heterocycles. The highest BCUT2D eigenvalue weighted by atomic mass is 127. The number of hydrogen-bond acceptors (Lipinski definition) is 6. The molecule has 0 saturated heterocycles. The predicted molar refractivity (Wildman–Crippen MR) is 65.7 cm³/mol. The normalized spacial score (nSPS) is 10.2. The molecule has 0 aliphatic carbocycles. The standard InChI is InChI=1S/C9H6IN3O4/c1-16-7-4-5(13(14)15)2-3-6(7)8-11-12-9(10)17-8/h2-4H,1H3. The smallest absolute Gasteiger partial charge is 0.278 e. The van der Waals surface area contributed by atoms with Gasteiger partial charge in [0.1, 0.15) is 5.75 Å². The number of nitrogens with zero attached hydrogens (tertiary/aromatic N) is 3. The summed E-state index contributed by atoms with van der Waals surface area (Å²) in [5.41, 5.74) is 0.466. The molecule has 0 amide bonds. The number of non-ortho nitro benzene ring substituents is 1. The van der Waals surface area contributed by atoms with E-state index in [2.05, 4.69) is 10.2 Å². The number of rotatable bonds is 3. The minimum atomic E-state index is -0.496. The van der Waals surface area contributed by atoms with E-state index in [0.29, 0.717) is 15.2 Å². The van der Waals surface area contributed by atoms with Crippen LogP contribution < -0.4 is 4.74 Å². The fourth-order valence-corrected chi connectivity index (χ4v) is 1.60. The maximum atomic E-state index is 10.6. The molecule has 8 heteroatoms. The second-order valence-electron chi connectivity index (χ2n) is 3.00. The zero-order valence-corrected chi connectivity index (χ0v) is 10.7. The monoisotopic (exact) mass is 347 g/mol. The summed E-state index contributed by atoms with van der Waals surface area (Å²) >= 11 is 1.88. The highest BCUT2D eigenvalue weighted by Crippen LogP contribution is 2.32. The molecule has 0 aliphatic rings. The van der Waals surface area contributed by atoms with Crippen LogP contribution >= 0.6 is 22.6 Å². The van der Waals surface area contributed by atoms with Gasteiger partial charge in [-0.05, 0) is 6.07 Å². The number of ether oxygens (including phenoxy) is 1. The van der Waals surface area contributed by atoms with Gasteiger partial charge in [0.2, 0.25) is 0 Å². The Labute approximate surface area is 109 Å². The van der Waals surface area contributed by atoms with Crippen molar-refractivity contribution in [1.82, 2.24) is 10.2 Å². The van der Waals surface area contributed by atoms with Crippen molar-refractivity contribution in [1.29, 1.82) is 0 Å². The lowest BCUT2D eigenvalue weighted by Crippen LogP contribution is -1.92. The molecule has 0 bridgehead atoms. The van der Waals surface area contributed by atoms with E-state index in [0.717, 1.165) is 0 Å². The lowest BCUT2D eigenvalue weighted by atomic mass is 10.2. The van der Waals surface area contributed by atoms with E-state index in [9.17, 15) is 10.1 Å². The maximum absolute atomic E-state index is 10.6. The molecule has 0 saturated carbocycles. The van der Waals surface area contributed by atoms with Gasteiger partial charge >= 0.3 is 0 Å². The second kappa shape index (κ2) is 4.65. The molecule has 1 aromatic carbocycles. The van der Waals surface area contributed by atoms with Crippen LogP contribution in [0.3, 0.4) is 0 Å². The van der Waals surface area contributed by atoms with E-state index in [-0.39, 0.29) is 11.6 Å². The topological polar surface area (TPSA) is 91.3 Å². The first-order chi connectivity index (χ1) is 8.11. The van der Waals surface area contributed by atoms with Crippen molar-refractivity contribution in [2.75, 3.05) is 7.11 Å². The molecule has 0 radical (unpaired) electrons. The number of hydrogen-bond donors (Lipinski definition) is 0. The van der Waals surface area contributed by atoms with Crippen molar-refractivity contribution in [3.63, 3.8) is 0 Å². The van der Waals surface area contributed by atoms with Gasteiger partial charge in [0, 0.05) is 28.7 Å². The van der Waals surface area contributed by atoms with Gasteiger partial charge in [-0.15, -0.1) is 10.2 Å². The fraction of sp³-hybridized carbons (Fsp3) is 0.111. The molecular weight excluding hydrogens is 341 g/mol. The molecule has 1 aromatic heterocycles. The summed E-state index contributed by atoms with van der Waals surface area (Å²) in [6.45, 7) is 0. The third kappa shape index (κ3) is 2.35. The molecular formula is C9H6IN3O4. The number of methoxy groups -OCH3 is 1. The van der Waals surface area contributed by atoms with E-state index < -0.39 is 4.92 Å². The quantitative estimate of drug-likeness (QED) is 0.481. The Morgan fingerprint density at radius 3 is 2.76 bits per heavy atom. The van der Waals surface area contributed by atoms with Crippen LogP contribution in [0.4, 0.5) is 5.69 Å². The summed E-state index contributed by atoms with van der Waals surface area (Å²) in [6, 6.07) is 4.18. The van der Waals surface area contributed by atoms with Crippen molar-refractivity contribution in [2.45, 2.75) is 0 Å². The Hall–Kier alpha value is -1.71. The van der Waals surface area contributed by atoms with E-state index in [4.69, 9.17) is 9.15 Å². The second-order valence-corrected chi connectivity index (χ2v) is 3.92. The highest BCUT2D eigenvalue weighted by molar-refractivity contribution is 14.1. The van der Waals surface area contributed by atoms with Gasteiger partial charge in [0.25, 0.3) is 15.5 Å². The summed E-state index contributed by atoms with van der Waals surface area (Å²) in [5, 5.41) is 18.1. The molecule has 0 spiro atoms. The van der Waals surface area contributed by atoms with E-state index >= 15 is 0 Å². The highest BCUT2D eigenvalue weighted by Gasteiger charge is 2.16. The number of halogens is 1. The van der Waals surface area contributed by atoms with Crippen molar-refractivity contribution in [3.8, 4) is 17.2 Å². The molecule has 0 fully saturated rings. The van der Waals surface area contributed by atoms with Gasteiger partial charge in [-0.1, -0.05) is 0 Å². The molecule has 0 atom stereocenters. The lowest BCUT2D eigenvalue weighted by molar-refractivity contribution is -0.384. The number of aromatic nitrogens is 2. The summed E-state index contributed by atoms with van der Waals surface area (Å²) in [5.74, 6) is 0.584. The molecule has 7 nitrogen and oxygen atoms in total. The Morgan fingerprint density at radius 2 is 2.24 bits per heavy atom. The third-order valence-corrected chi connectivity index (χ3v) is 2.46. The van der Waals surface area contributed by atoms with Crippen molar-refractivity contribution < 1.29 is 14.1 Å². The summed E-state index contributed by atoms with van der Waals surface area (Å²) in [7, 11) is 1.42. The SMILES string of the molecule is COc1cc([N+](=O)[O-])ccc1-c1nnc(I)o1. The van der Waals surface area contributed by atoms with Crippen LogP contribution in [-0.2, 0) is 0 Å². The van der Waals surface area contributed by atoms with Crippen LogP contribution in [0.2, 0.25) is 0 Å². The number of benzene rings is 1. The Morgan fingerprint density at radius 1 is 1.47 bits per heavy atom. The molecule has 0 unspecified atom stereocenters. The average Bonchev–Trinajstić information content (AvgIpc) is 2.74. The fourth-order valence-electron chi connectivity index (χ4n) is 1.28. The molecule has 88 valence electrons. The lowest BCUT2D eigenvalue weighted by Gasteiger charge is -2.03. The molecule has 0 N–H and O–H groups in total. The first kappa shape index (κ1) is 11.8. The molecule has 2 rings (SSSR count). The van der Waals surface area contributed by atoms with Gasteiger partial charge < -0.3 is 9.15 Å². The third-order valence-electron chi connectivity index (χ3n) is 2.03. The van der Waals surface area contributed by atoms with Gasteiger partial charge in [-0.3, -0.25) is 10.1 Å². The summed E-state index contributed by atoms with van der Waals surface area (Å²) in [6.07, 6.45) is 0. The van der Waals surface area contributed by atoms with E-state index in [1.54, 1.807) is 0 Å².